The third-order valence-electron chi connectivity index (χ3n) is 3.51. The van der Waals surface area contributed by atoms with Crippen LogP contribution in [-0.4, -0.2) is 20.0 Å². The minimum Gasteiger partial charge on any atom is -0.361 e. The van der Waals surface area contributed by atoms with E-state index in [1.165, 1.54) is 6.07 Å². The third-order valence-corrected chi connectivity index (χ3v) is 3.72. The molecular weight excluding hydrogens is 329 g/mol. The second kappa shape index (κ2) is 6.79. The predicted octanol–water partition coefficient (Wildman–Crippen LogP) is 3.48. The molecule has 0 bridgehead atoms. The van der Waals surface area contributed by atoms with Crippen LogP contribution < -0.4 is 10.6 Å². The van der Waals surface area contributed by atoms with E-state index in [1.54, 1.807) is 35.3 Å². The summed E-state index contributed by atoms with van der Waals surface area (Å²) in [5.74, 6) is 0.407. The van der Waals surface area contributed by atoms with E-state index in [0.717, 1.165) is 17.0 Å². The smallest absolute Gasteiger partial charge is 0.175 e. The van der Waals surface area contributed by atoms with Crippen LogP contribution in [0.25, 0.3) is 0 Å². The number of hydrogen-bond donors (Lipinski definition) is 2. The number of thiocarbonyl (C=S) groups is 1. The van der Waals surface area contributed by atoms with E-state index < -0.39 is 0 Å². The first kappa shape index (κ1) is 16.1. The second-order valence-electron chi connectivity index (χ2n) is 5.29. The number of anilines is 2. The van der Waals surface area contributed by atoms with Crippen molar-refractivity contribution in [3.8, 4) is 0 Å². The molecule has 0 saturated carbocycles. The zero-order valence-corrected chi connectivity index (χ0v) is 14.0. The Morgan fingerprint density at radius 1 is 1.29 bits per heavy atom. The van der Waals surface area contributed by atoms with Gasteiger partial charge in [-0.15, -0.1) is 0 Å². The molecule has 0 fully saturated rings. The van der Waals surface area contributed by atoms with Gasteiger partial charge in [0.15, 0.2) is 5.11 Å². The van der Waals surface area contributed by atoms with Gasteiger partial charge in [0.2, 0.25) is 0 Å². The Kier molecular flexibility index (Phi) is 4.57. The Balaban J connectivity index is 1.64. The molecule has 0 spiro atoms. The lowest BCUT2D eigenvalue weighted by atomic mass is 10.2. The van der Waals surface area contributed by atoms with Gasteiger partial charge in [-0.25, -0.2) is 4.39 Å². The van der Waals surface area contributed by atoms with Gasteiger partial charge < -0.3 is 15.2 Å². The van der Waals surface area contributed by atoms with Crippen LogP contribution >= 0.6 is 12.2 Å². The lowest BCUT2D eigenvalue weighted by molar-refractivity contribution is 0.391. The third kappa shape index (κ3) is 3.60. The fourth-order valence-electron chi connectivity index (χ4n) is 2.25. The van der Waals surface area contributed by atoms with Crippen molar-refractivity contribution in [1.29, 1.82) is 0 Å². The Morgan fingerprint density at radius 3 is 2.79 bits per heavy atom. The Morgan fingerprint density at radius 2 is 2.08 bits per heavy atom. The first-order chi connectivity index (χ1) is 11.5. The molecule has 0 aliphatic rings. The summed E-state index contributed by atoms with van der Waals surface area (Å²) in [6.45, 7) is 4.31. The number of benzene rings is 1. The zero-order chi connectivity index (χ0) is 17.1. The van der Waals surface area contributed by atoms with Crippen LogP contribution in [0.5, 0.6) is 0 Å². The summed E-state index contributed by atoms with van der Waals surface area (Å²) in [6, 6.07) is 6.34. The largest absolute Gasteiger partial charge is 0.361 e. The first-order valence-corrected chi connectivity index (χ1v) is 7.70. The number of rotatable bonds is 4. The monoisotopic (exact) mass is 345 g/mol. The van der Waals surface area contributed by atoms with E-state index in [9.17, 15) is 4.39 Å². The van der Waals surface area contributed by atoms with Gasteiger partial charge in [0.05, 0.1) is 29.8 Å². The number of nitrogens with zero attached hydrogens (tertiary/aromatic N) is 3. The highest BCUT2D eigenvalue weighted by Gasteiger charge is 2.11. The standard InChI is InChI=1S/C16H16FN5OS/c1-10-13(11(2)23-21-10)9-22-8-12(7-18-22)19-16(24)20-15-6-4-3-5-14(15)17/h3-8H,9H2,1-2H3,(H2,19,20,24). The maximum absolute atomic E-state index is 13.6. The highest BCUT2D eigenvalue weighted by Crippen LogP contribution is 2.16. The van der Waals surface area contributed by atoms with Gasteiger partial charge in [0, 0.05) is 11.8 Å². The fourth-order valence-corrected chi connectivity index (χ4v) is 2.48. The van der Waals surface area contributed by atoms with Crippen molar-refractivity contribution in [2.45, 2.75) is 20.4 Å². The van der Waals surface area contributed by atoms with Gasteiger partial charge in [0.1, 0.15) is 11.6 Å². The topological polar surface area (TPSA) is 67.9 Å². The van der Waals surface area contributed by atoms with Crippen molar-refractivity contribution >= 4 is 28.7 Å². The fraction of sp³-hybridized carbons (Fsp3) is 0.188. The van der Waals surface area contributed by atoms with E-state index in [0.29, 0.717) is 17.9 Å². The lowest BCUT2D eigenvalue weighted by Gasteiger charge is -2.09. The van der Waals surface area contributed by atoms with Crippen LogP contribution in [0.1, 0.15) is 17.0 Å². The van der Waals surface area contributed by atoms with Gasteiger partial charge in [-0.05, 0) is 38.2 Å². The molecular formula is C16H16FN5OS. The maximum Gasteiger partial charge on any atom is 0.175 e. The minimum absolute atomic E-state index is 0.289. The molecule has 24 heavy (non-hydrogen) atoms. The zero-order valence-electron chi connectivity index (χ0n) is 13.2. The molecule has 0 saturated heterocycles. The van der Waals surface area contributed by atoms with E-state index in [1.807, 2.05) is 13.8 Å². The molecule has 0 aliphatic heterocycles. The average Bonchev–Trinajstić information content (AvgIpc) is 3.11. The molecule has 0 amide bonds. The van der Waals surface area contributed by atoms with Crippen LogP contribution in [0.2, 0.25) is 0 Å². The normalized spacial score (nSPS) is 10.6. The maximum atomic E-state index is 13.6. The van der Waals surface area contributed by atoms with E-state index in [-0.39, 0.29) is 10.9 Å². The van der Waals surface area contributed by atoms with Gasteiger partial charge >= 0.3 is 0 Å². The number of aromatic nitrogens is 3. The van der Waals surface area contributed by atoms with Crippen molar-refractivity contribution in [2.24, 2.45) is 0 Å². The number of para-hydroxylation sites is 1. The molecule has 1 aromatic carbocycles. The summed E-state index contributed by atoms with van der Waals surface area (Å²) in [5, 5.41) is 14.3. The minimum atomic E-state index is -0.365. The van der Waals surface area contributed by atoms with Gasteiger partial charge in [0.25, 0.3) is 0 Å². The van der Waals surface area contributed by atoms with Gasteiger partial charge in [-0.2, -0.15) is 5.10 Å². The summed E-state index contributed by atoms with van der Waals surface area (Å²) in [5.41, 5.74) is 2.86. The molecule has 0 unspecified atom stereocenters. The molecule has 0 atom stereocenters. The van der Waals surface area contributed by atoms with Crippen LogP contribution in [0.3, 0.4) is 0 Å². The molecule has 8 heteroatoms. The van der Waals surface area contributed by atoms with E-state index >= 15 is 0 Å². The number of hydrogen-bond acceptors (Lipinski definition) is 4. The molecule has 124 valence electrons. The molecule has 2 aromatic heterocycles. The summed E-state index contributed by atoms with van der Waals surface area (Å²) in [4.78, 5) is 0. The Bertz CT molecular complexity index is 853. The van der Waals surface area contributed by atoms with E-state index in [2.05, 4.69) is 20.9 Å². The summed E-state index contributed by atoms with van der Waals surface area (Å²) in [6.07, 6.45) is 3.45. The first-order valence-electron chi connectivity index (χ1n) is 7.29. The number of aryl methyl sites for hydroxylation is 2. The molecule has 6 nitrogen and oxygen atoms in total. The number of nitrogens with one attached hydrogen (secondary N) is 2. The predicted molar refractivity (Wildman–Crippen MR) is 93.5 cm³/mol. The molecule has 3 rings (SSSR count). The van der Waals surface area contributed by atoms with Crippen molar-refractivity contribution in [2.75, 3.05) is 10.6 Å². The van der Waals surface area contributed by atoms with E-state index in [4.69, 9.17) is 16.7 Å². The van der Waals surface area contributed by atoms with Crippen molar-refractivity contribution < 1.29 is 8.91 Å². The molecule has 2 heterocycles. The van der Waals surface area contributed by atoms with Gasteiger partial charge in [-0.1, -0.05) is 17.3 Å². The van der Waals surface area contributed by atoms with Crippen molar-refractivity contribution in [3.63, 3.8) is 0 Å². The summed E-state index contributed by atoms with van der Waals surface area (Å²) < 4.78 is 20.5. The highest BCUT2D eigenvalue weighted by atomic mass is 32.1. The molecule has 0 radical (unpaired) electrons. The van der Waals surface area contributed by atoms with Crippen LogP contribution in [0.4, 0.5) is 15.8 Å². The number of halogens is 1. The Labute approximate surface area is 143 Å². The van der Waals surface area contributed by atoms with Crippen LogP contribution in [0.15, 0.2) is 41.2 Å². The molecule has 0 aliphatic carbocycles. The van der Waals surface area contributed by atoms with Crippen LogP contribution in [-0.2, 0) is 6.54 Å². The second-order valence-corrected chi connectivity index (χ2v) is 5.70. The summed E-state index contributed by atoms with van der Waals surface area (Å²) >= 11 is 5.19. The molecule has 3 aromatic rings. The Hall–Kier alpha value is -2.74. The highest BCUT2D eigenvalue weighted by molar-refractivity contribution is 7.80. The van der Waals surface area contributed by atoms with Crippen molar-refractivity contribution in [1.82, 2.24) is 14.9 Å². The quantitative estimate of drug-likeness (QED) is 0.706. The van der Waals surface area contributed by atoms with Crippen LogP contribution in [0, 0.1) is 19.7 Å². The SMILES string of the molecule is Cc1noc(C)c1Cn1cc(NC(=S)Nc2ccccc2F)cn1. The summed E-state index contributed by atoms with van der Waals surface area (Å²) in [7, 11) is 0. The lowest BCUT2D eigenvalue weighted by Crippen LogP contribution is -2.19. The molecule has 2 N–H and O–H groups in total. The van der Waals surface area contributed by atoms with Gasteiger partial charge in [-0.3, -0.25) is 4.68 Å². The average molecular weight is 345 g/mol. The van der Waals surface area contributed by atoms with Crippen molar-refractivity contribution in [3.05, 3.63) is 59.5 Å².